The van der Waals surface area contributed by atoms with Crippen molar-refractivity contribution in [2.45, 2.75) is 59.0 Å². The van der Waals surface area contributed by atoms with Crippen molar-refractivity contribution in [3.05, 3.63) is 65.7 Å². The Kier molecular flexibility index (Phi) is 8.32. The van der Waals surface area contributed by atoms with Crippen molar-refractivity contribution in [1.29, 1.82) is 0 Å². The molecule has 5 heteroatoms. The highest BCUT2D eigenvalue weighted by molar-refractivity contribution is 5.95. The summed E-state index contributed by atoms with van der Waals surface area (Å²) in [6.45, 7) is 11.7. The van der Waals surface area contributed by atoms with Crippen LogP contribution in [0, 0.1) is 0 Å². The van der Waals surface area contributed by atoms with Crippen molar-refractivity contribution in [2.75, 3.05) is 31.1 Å². The molecule has 3 rings (SSSR count). The Balaban J connectivity index is 1.66. The maximum Gasteiger partial charge on any atom is 0.254 e. The van der Waals surface area contributed by atoms with E-state index in [1.165, 1.54) is 0 Å². The monoisotopic (exact) mass is 435 g/mol. The van der Waals surface area contributed by atoms with Crippen molar-refractivity contribution in [3.63, 3.8) is 0 Å². The van der Waals surface area contributed by atoms with Gasteiger partial charge >= 0.3 is 0 Å². The van der Waals surface area contributed by atoms with Gasteiger partial charge in [0.1, 0.15) is 0 Å². The van der Waals surface area contributed by atoms with Crippen LogP contribution in [0.25, 0.3) is 0 Å². The number of rotatable bonds is 8. The van der Waals surface area contributed by atoms with Crippen LogP contribution in [0.4, 0.5) is 5.69 Å². The zero-order valence-corrected chi connectivity index (χ0v) is 20.0. The number of nitrogens with zero attached hydrogens (tertiary/aromatic N) is 3. The summed E-state index contributed by atoms with van der Waals surface area (Å²) >= 11 is 0. The lowest BCUT2D eigenvalue weighted by Crippen LogP contribution is -2.49. The molecule has 32 heavy (non-hydrogen) atoms. The zero-order valence-electron chi connectivity index (χ0n) is 20.0. The standard InChI is InChI=1S/C27H37N3O2/c1-5-18-30(27(32)23-12-14-24(15-13-23)29(6-2)21(3)4)25-16-19-28(20-17-25)26(31)22-10-8-7-9-11-22/h7-15,21,25H,5-6,16-20H2,1-4H3. The van der Waals surface area contributed by atoms with Gasteiger partial charge in [0.25, 0.3) is 11.8 Å². The Morgan fingerprint density at radius 2 is 1.56 bits per heavy atom. The molecule has 0 spiro atoms. The zero-order chi connectivity index (χ0) is 23.1. The van der Waals surface area contributed by atoms with Crippen molar-refractivity contribution in [3.8, 4) is 0 Å². The van der Waals surface area contributed by atoms with Crippen molar-refractivity contribution < 1.29 is 9.59 Å². The van der Waals surface area contributed by atoms with Gasteiger partial charge in [-0.15, -0.1) is 0 Å². The Bertz CT molecular complexity index is 872. The minimum absolute atomic E-state index is 0.0821. The van der Waals surface area contributed by atoms with Gasteiger partial charge < -0.3 is 14.7 Å². The van der Waals surface area contributed by atoms with E-state index in [4.69, 9.17) is 0 Å². The molecule has 0 aromatic heterocycles. The van der Waals surface area contributed by atoms with Crippen molar-refractivity contribution >= 4 is 17.5 Å². The normalized spacial score (nSPS) is 14.5. The number of carbonyl (C=O) groups excluding carboxylic acids is 2. The van der Waals surface area contributed by atoms with Crippen LogP contribution in [-0.2, 0) is 0 Å². The summed E-state index contributed by atoms with van der Waals surface area (Å²) in [4.78, 5) is 32.4. The largest absolute Gasteiger partial charge is 0.369 e. The minimum atomic E-state index is 0.0821. The van der Waals surface area contributed by atoms with Crippen molar-refractivity contribution in [2.24, 2.45) is 0 Å². The third-order valence-electron chi connectivity index (χ3n) is 6.35. The lowest BCUT2D eigenvalue weighted by atomic mass is 10.0. The highest BCUT2D eigenvalue weighted by Gasteiger charge is 2.30. The van der Waals surface area contributed by atoms with Crippen LogP contribution in [0.2, 0.25) is 0 Å². The van der Waals surface area contributed by atoms with Gasteiger partial charge in [0.05, 0.1) is 0 Å². The summed E-state index contributed by atoms with van der Waals surface area (Å²) in [5.41, 5.74) is 2.62. The molecule has 2 aromatic rings. The van der Waals surface area contributed by atoms with E-state index in [0.717, 1.165) is 49.2 Å². The minimum Gasteiger partial charge on any atom is -0.369 e. The van der Waals surface area contributed by atoms with E-state index < -0.39 is 0 Å². The molecule has 172 valence electrons. The molecule has 0 aliphatic carbocycles. The lowest BCUT2D eigenvalue weighted by Gasteiger charge is -2.38. The Hall–Kier alpha value is -2.82. The summed E-state index contributed by atoms with van der Waals surface area (Å²) < 4.78 is 0. The van der Waals surface area contributed by atoms with Crippen LogP contribution in [0.15, 0.2) is 54.6 Å². The highest BCUT2D eigenvalue weighted by Crippen LogP contribution is 2.23. The molecule has 1 saturated heterocycles. The van der Waals surface area contributed by atoms with Gasteiger partial charge in [0.2, 0.25) is 0 Å². The predicted octanol–water partition coefficient (Wildman–Crippen LogP) is 5.08. The first-order chi connectivity index (χ1) is 15.5. The van der Waals surface area contributed by atoms with Gasteiger partial charge in [-0.25, -0.2) is 0 Å². The SMILES string of the molecule is CCCN(C(=O)c1ccc(N(CC)C(C)C)cc1)C1CCN(C(=O)c2ccccc2)CC1. The Morgan fingerprint density at radius 1 is 0.938 bits per heavy atom. The molecule has 0 N–H and O–H groups in total. The van der Waals surface area contributed by atoms with E-state index in [1.807, 2.05) is 52.3 Å². The fourth-order valence-corrected chi connectivity index (χ4v) is 4.64. The molecule has 0 saturated carbocycles. The smallest absolute Gasteiger partial charge is 0.254 e. The van der Waals surface area contributed by atoms with E-state index >= 15 is 0 Å². The van der Waals surface area contributed by atoms with Gasteiger partial charge in [0, 0.05) is 55.1 Å². The molecule has 0 bridgehead atoms. The summed E-state index contributed by atoms with van der Waals surface area (Å²) in [5.74, 6) is 0.178. The average Bonchev–Trinajstić information content (AvgIpc) is 2.83. The average molecular weight is 436 g/mol. The van der Waals surface area contributed by atoms with Crippen LogP contribution >= 0.6 is 0 Å². The van der Waals surface area contributed by atoms with Gasteiger partial charge in [-0.2, -0.15) is 0 Å². The van der Waals surface area contributed by atoms with E-state index in [1.54, 1.807) is 0 Å². The maximum absolute atomic E-state index is 13.4. The number of likely N-dealkylation sites (tertiary alicyclic amines) is 1. The van der Waals surface area contributed by atoms with Gasteiger partial charge in [-0.3, -0.25) is 9.59 Å². The molecule has 0 unspecified atom stereocenters. The summed E-state index contributed by atoms with van der Waals surface area (Å²) in [6.07, 6.45) is 2.56. The van der Waals surface area contributed by atoms with Gasteiger partial charge in [-0.05, 0) is 76.4 Å². The van der Waals surface area contributed by atoms with E-state index in [2.05, 4.69) is 44.7 Å². The van der Waals surface area contributed by atoms with E-state index in [-0.39, 0.29) is 17.9 Å². The molecule has 1 aliphatic rings. The lowest BCUT2D eigenvalue weighted by molar-refractivity contribution is 0.0519. The molecule has 0 atom stereocenters. The molecule has 1 fully saturated rings. The van der Waals surface area contributed by atoms with E-state index in [0.29, 0.717) is 19.1 Å². The fourth-order valence-electron chi connectivity index (χ4n) is 4.64. The molecule has 2 aromatic carbocycles. The number of piperidine rings is 1. The molecular weight excluding hydrogens is 398 g/mol. The first-order valence-corrected chi connectivity index (χ1v) is 12.0. The Labute approximate surface area is 193 Å². The highest BCUT2D eigenvalue weighted by atomic mass is 16.2. The predicted molar refractivity (Wildman–Crippen MR) is 131 cm³/mol. The molecule has 2 amide bonds. The number of hydrogen-bond donors (Lipinski definition) is 0. The second-order valence-corrected chi connectivity index (χ2v) is 8.81. The second-order valence-electron chi connectivity index (χ2n) is 8.81. The molecule has 5 nitrogen and oxygen atoms in total. The quantitative estimate of drug-likeness (QED) is 0.581. The second kappa shape index (κ2) is 11.2. The Morgan fingerprint density at radius 3 is 2.09 bits per heavy atom. The number of carbonyl (C=O) groups is 2. The molecular formula is C27H37N3O2. The first kappa shape index (κ1) is 23.8. The van der Waals surface area contributed by atoms with Crippen LogP contribution < -0.4 is 4.90 Å². The van der Waals surface area contributed by atoms with E-state index in [9.17, 15) is 9.59 Å². The number of benzene rings is 2. The third-order valence-corrected chi connectivity index (χ3v) is 6.35. The van der Waals surface area contributed by atoms with Gasteiger partial charge in [0.15, 0.2) is 0 Å². The number of anilines is 1. The topological polar surface area (TPSA) is 43.9 Å². The molecule has 1 heterocycles. The van der Waals surface area contributed by atoms with Gasteiger partial charge in [-0.1, -0.05) is 25.1 Å². The van der Waals surface area contributed by atoms with Crippen LogP contribution in [-0.4, -0.2) is 59.9 Å². The fraction of sp³-hybridized carbons (Fsp3) is 0.481. The van der Waals surface area contributed by atoms with Crippen molar-refractivity contribution in [1.82, 2.24) is 9.80 Å². The molecule has 0 radical (unpaired) electrons. The van der Waals surface area contributed by atoms with Crippen LogP contribution in [0.1, 0.15) is 67.7 Å². The molecule has 1 aliphatic heterocycles. The number of amides is 2. The third kappa shape index (κ3) is 5.50. The summed E-state index contributed by atoms with van der Waals surface area (Å²) in [5, 5.41) is 0. The maximum atomic E-state index is 13.4. The number of hydrogen-bond acceptors (Lipinski definition) is 3. The first-order valence-electron chi connectivity index (χ1n) is 12.0. The van der Waals surface area contributed by atoms with Crippen LogP contribution in [0.5, 0.6) is 0 Å². The summed E-state index contributed by atoms with van der Waals surface area (Å²) in [7, 11) is 0. The summed E-state index contributed by atoms with van der Waals surface area (Å²) in [6, 6.07) is 18.1. The van der Waals surface area contributed by atoms with Crippen LogP contribution in [0.3, 0.4) is 0 Å².